The minimum atomic E-state index is -4.02. The zero-order chi connectivity index (χ0) is 18.9. The maximum absolute atomic E-state index is 12.5. The summed E-state index contributed by atoms with van der Waals surface area (Å²) in [4.78, 5) is 11.0. The highest BCUT2D eigenvalue weighted by atomic mass is 32.2. The van der Waals surface area contributed by atoms with Crippen LogP contribution in [-0.4, -0.2) is 29.3 Å². The van der Waals surface area contributed by atoms with Crippen molar-refractivity contribution in [2.45, 2.75) is 18.7 Å². The molecule has 8 heteroatoms. The Kier molecular flexibility index (Phi) is 4.52. The Morgan fingerprint density at radius 3 is 2.23 bits per heavy atom. The number of nitrogens with zero attached hydrogens (tertiary/aromatic N) is 2. The third-order valence-electron chi connectivity index (χ3n) is 3.66. The SMILES string of the molecule is Cc1ccc(S(=O)(=O)Oc2cc(C)nn2-c2ccc(C(=O)O)cc2)cc1. The van der Waals surface area contributed by atoms with Crippen LogP contribution < -0.4 is 4.18 Å². The van der Waals surface area contributed by atoms with Gasteiger partial charge in [-0.2, -0.15) is 18.2 Å². The van der Waals surface area contributed by atoms with Crippen LogP contribution in [0.4, 0.5) is 0 Å². The molecule has 7 nitrogen and oxygen atoms in total. The lowest BCUT2D eigenvalue weighted by molar-refractivity contribution is 0.0697. The summed E-state index contributed by atoms with van der Waals surface area (Å²) in [6.45, 7) is 3.56. The van der Waals surface area contributed by atoms with Crippen LogP contribution in [0.2, 0.25) is 0 Å². The normalized spacial score (nSPS) is 11.3. The van der Waals surface area contributed by atoms with Gasteiger partial charge < -0.3 is 9.29 Å². The molecule has 0 bridgehead atoms. The quantitative estimate of drug-likeness (QED) is 0.692. The van der Waals surface area contributed by atoms with Crippen molar-refractivity contribution >= 4 is 16.1 Å². The first kappa shape index (κ1) is 17.7. The molecule has 0 saturated heterocycles. The van der Waals surface area contributed by atoms with Gasteiger partial charge in [0, 0.05) is 6.07 Å². The number of aryl methyl sites for hydroxylation is 2. The summed E-state index contributed by atoms with van der Waals surface area (Å²) in [5.41, 5.74) is 2.09. The van der Waals surface area contributed by atoms with Gasteiger partial charge in [0.15, 0.2) is 0 Å². The minimum absolute atomic E-state index is 0.0196. The van der Waals surface area contributed by atoms with Crippen LogP contribution in [-0.2, 0) is 10.1 Å². The first-order valence-corrected chi connectivity index (χ1v) is 9.09. The van der Waals surface area contributed by atoms with Crippen molar-refractivity contribution in [3.63, 3.8) is 0 Å². The second-order valence-corrected chi connectivity index (χ2v) is 7.28. The molecule has 0 aliphatic heterocycles. The van der Waals surface area contributed by atoms with Gasteiger partial charge in [-0.05, 0) is 50.2 Å². The second kappa shape index (κ2) is 6.64. The van der Waals surface area contributed by atoms with Gasteiger partial charge in [0.1, 0.15) is 4.90 Å². The molecule has 1 N–H and O–H groups in total. The Labute approximate surface area is 150 Å². The number of hydrogen-bond acceptors (Lipinski definition) is 5. The van der Waals surface area contributed by atoms with Crippen LogP contribution >= 0.6 is 0 Å². The van der Waals surface area contributed by atoms with E-state index in [1.54, 1.807) is 19.1 Å². The maximum Gasteiger partial charge on any atom is 0.340 e. The molecule has 0 spiro atoms. The standard InChI is InChI=1S/C18H16N2O5S/c1-12-3-9-16(10-4-12)26(23,24)25-17-11-13(2)19-20(17)15-7-5-14(6-8-15)18(21)22/h3-11H,1-2H3,(H,21,22). The summed E-state index contributed by atoms with van der Waals surface area (Å²) < 4.78 is 31.6. The van der Waals surface area contributed by atoms with Crippen molar-refractivity contribution in [2.24, 2.45) is 0 Å². The van der Waals surface area contributed by atoms with E-state index in [0.717, 1.165) is 5.56 Å². The molecule has 26 heavy (non-hydrogen) atoms. The summed E-state index contributed by atoms with van der Waals surface area (Å²) in [5, 5.41) is 13.2. The molecule has 0 radical (unpaired) electrons. The van der Waals surface area contributed by atoms with Crippen molar-refractivity contribution in [1.29, 1.82) is 0 Å². The zero-order valence-corrected chi connectivity index (χ0v) is 14.9. The summed E-state index contributed by atoms with van der Waals surface area (Å²) in [5.74, 6) is -1.03. The molecule has 0 aliphatic rings. The lowest BCUT2D eigenvalue weighted by Gasteiger charge is -2.10. The Bertz CT molecular complexity index is 1050. The molecule has 3 aromatic rings. The highest BCUT2D eigenvalue weighted by Crippen LogP contribution is 2.24. The molecule has 1 heterocycles. The van der Waals surface area contributed by atoms with Crippen molar-refractivity contribution in [2.75, 3.05) is 0 Å². The summed E-state index contributed by atoms with van der Waals surface area (Å²) in [6.07, 6.45) is 0. The summed E-state index contributed by atoms with van der Waals surface area (Å²) >= 11 is 0. The van der Waals surface area contributed by atoms with Crippen LogP contribution in [0.25, 0.3) is 5.69 Å². The van der Waals surface area contributed by atoms with E-state index in [1.807, 2.05) is 6.92 Å². The number of benzene rings is 2. The first-order valence-electron chi connectivity index (χ1n) is 7.68. The van der Waals surface area contributed by atoms with Crippen molar-refractivity contribution in [3.8, 4) is 11.6 Å². The molecule has 0 fully saturated rings. The van der Waals surface area contributed by atoms with Gasteiger partial charge >= 0.3 is 16.1 Å². The van der Waals surface area contributed by atoms with E-state index in [9.17, 15) is 13.2 Å². The zero-order valence-electron chi connectivity index (χ0n) is 14.1. The number of hydrogen-bond donors (Lipinski definition) is 1. The summed E-state index contributed by atoms with van der Waals surface area (Å²) in [6, 6.07) is 13.7. The molecule has 0 saturated carbocycles. The number of aromatic carboxylic acids is 1. The lowest BCUT2D eigenvalue weighted by Crippen LogP contribution is -2.12. The number of carboxylic acids is 1. The van der Waals surface area contributed by atoms with Gasteiger partial charge in [0.2, 0.25) is 5.88 Å². The predicted molar refractivity (Wildman–Crippen MR) is 94.3 cm³/mol. The monoisotopic (exact) mass is 372 g/mol. The van der Waals surface area contributed by atoms with Crippen LogP contribution in [0.5, 0.6) is 5.88 Å². The van der Waals surface area contributed by atoms with E-state index in [1.165, 1.54) is 47.1 Å². The Morgan fingerprint density at radius 2 is 1.65 bits per heavy atom. The number of rotatable bonds is 5. The molecule has 1 aromatic heterocycles. The third-order valence-corrected chi connectivity index (χ3v) is 4.90. The molecular weight excluding hydrogens is 356 g/mol. The molecule has 0 amide bonds. The van der Waals surface area contributed by atoms with Gasteiger partial charge in [-0.3, -0.25) is 0 Å². The van der Waals surface area contributed by atoms with Crippen LogP contribution in [0.15, 0.2) is 59.5 Å². The van der Waals surface area contributed by atoms with Gasteiger partial charge in [0.25, 0.3) is 0 Å². The molecule has 2 aromatic carbocycles. The van der Waals surface area contributed by atoms with E-state index >= 15 is 0 Å². The minimum Gasteiger partial charge on any atom is -0.478 e. The van der Waals surface area contributed by atoms with E-state index in [4.69, 9.17) is 9.29 Å². The Morgan fingerprint density at radius 1 is 1.04 bits per heavy atom. The van der Waals surface area contributed by atoms with Crippen molar-refractivity contribution in [3.05, 3.63) is 71.4 Å². The number of carbonyl (C=O) groups is 1. The fourth-order valence-corrected chi connectivity index (χ4v) is 3.24. The van der Waals surface area contributed by atoms with Crippen LogP contribution in [0, 0.1) is 13.8 Å². The molecule has 134 valence electrons. The van der Waals surface area contributed by atoms with Gasteiger partial charge in [-0.15, -0.1) is 0 Å². The van der Waals surface area contributed by atoms with E-state index in [-0.39, 0.29) is 16.3 Å². The van der Waals surface area contributed by atoms with E-state index in [0.29, 0.717) is 11.4 Å². The largest absolute Gasteiger partial charge is 0.478 e. The highest BCUT2D eigenvalue weighted by molar-refractivity contribution is 7.87. The highest BCUT2D eigenvalue weighted by Gasteiger charge is 2.20. The smallest absolute Gasteiger partial charge is 0.340 e. The van der Waals surface area contributed by atoms with Crippen molar-refractivity contribution in [1.82, 2.24) is 9.78 Å². The lowest BCUT2D eigenvalue weighted by atomic mass is 10.2. The van der Waals surface area contributed by atoms with Gasteiger partial charge in [0.05, 0.1) is 16.9 Å². The predicted octanol–water partition coefficient (Wildman–Crippen LogP) is 2.96. The van der Waals surface area contributed by atoms with Crippen molar-refractivity contribution < 1.29 is 22.5 Å². The topological polar surface area (TPSA) is 98.5 Å². The second-order valence-electron chi connectivity index (χ2n) is 5.74. The number of carboxylic acid groups (broad SMARTS) is 1. The Hall–Kier alpha value is -3.13. The fraction of sp³-hybridized carbons (Fsp3) is 0.111. The average molecular weight is 372 g/mol. The first-order chi connectivity index (χ1) is 12.3. The van der Waals surface area contributed by atoms with E-state index < -0.39 is 16.1 Å². The van der Waals surface area contributed by atoms with Gasteiger partial charge in [-0.1, -0.05) is 17.7 Å². The third kappa shape index (κ3) is 3.60. The fourth-order valence-electron chi connectivity index (χ4n) is 2.33. The molecule has 0 aliphatic carbocycles. The molecule has 3 rings (SSSR count). The Balaban J connectivity index is 1.96. The van der Waals surface area contributed by atoms with Crippen LogP contribution in [0.1, 0.15) is 21.6 Å². The van der Waals surface area contributed by atoms with E-state index in [2.05, 4.69) is 5.10 Å². The number of aromatic nitrogens is 2. The molecular formula is C18H16N2O5S. The average Bonchev–Trinajstić information content (AvgIpc) is 2.95. The molecule has 0 unspecified atom stereocenters. The van der Waals surface area contributed by atoms with Gasteiger partial charge in [-0.25, -0.2) is 4.79 Å². The molecule has 0 atom stereocenters. The van der Waals surface area contributed by atoms with Crippen LogP contribution in [0.3, 0.4) is 0 Å². The summed E-state index contributed by atoms with van der Waals surface area (Å²) in [7, 11) is -4.02. The maximum atomic E-state index is 12.5.